The van der Waals surface area contributed by atoms with Crippen molar-refractivity contribution in [1.82, 2.24) is 4.72 Å². The third kappa shape index (κ3) is 3.66. The molecule has 5 nitrogen and oxygen atoms in total. The Morgan fingerprint density at radius 1 is 1.14 bits per heavy atom. The van der Waals surface area contributed by atoms with Crippen molar-refractivity contribution in [3.8, 4) is 5.75 Å². The van der Waals surface area contributed by atoms with Gasteiger partial charge >= 0.3 is 0 Å². The molecule has 7 heteroatoms. The molecule has 2 aromatic rings. The fraction of sp³-hybridized carbons (Fsp3) is 0.133. The Kier molecular flexibility index (Phi) is 4.87. The molecule has 0 atom stereocenters. The number of carbonyl (C=O) groups is 1. The van der Waals surface area contributed by atoms with Crippen molar-refractivity contribution < 1.29 is 17.9 Å². The van der Waals surface area contributed by atoms with Crippen molar-refractivity contribution in [2.45, 2.75) is 11.8 Å². The van der Waals surface area contributed by atoms with E-state index >= 15 is 0 Å². The number of amides is 1. The van der Waals surface area contributed by atoms with Crippen LogP contribution in [0.1, 0.15) is 15.9 Å². The highest BCUT2D eigenvalue weighted by Crippen LogP contribution is 2.20. The van der Waals surface area contributed by atoms with Gasteiger partial charge in [-0.1, -0.05) is 22.0 Å². The SMILES string of the molecule is COc1cc(C(=O)NS(=O)(=O)c2ccc(Br)cc2)ccc1C. The Hall–Kier alpha value is -1.86. The summed E-state index contributed by atoms with van der Waals surface area (Å²) in [5, 5.41) is 0. The molecule has 1 N–H and O–H groups in total. The minimum absolute atomic E-state index is 0.0168. The van der Waals surface area contributed by atoms with E-state index in [0.29, 0.717) is 5.75 Å². The summed E-state index contributed by atoms with van der Waals surface area (Å²) in [5.41, 5.74) is 1.07. The molecular formula is C15H14BrNO4S. The van der Waals surface area contributed by atoms with Crippen LogP contribution in [0.2, 0.25) is 0 Å². The van der Waals surface area contributed by atoms with E-state index in [1.165, 1.54) is 25.3 Å². The normalized spacial score (nSPS) is 11.0. The molecule has 0 bridgehead atoms. The summed E-state index contributed by atoms with van der Waals surface area (Å²) >= 11 is 3.23. The molecule has 116 valence electrons. The van der Waals surface area contributed by atoms with Gasteiger partial charge in [0, 0.05) is 10.0 Å². The number of methoxy groups -OCH3 is 1. The highest BCUT2D eigenvalue weighted by molar-refractivity contribution is 9.10. The second-order valence-corrected chi connectivity index (χ2v) is 7.17. The second kappa shape index (κ2) is 6.50. The van der Waals surface area contributed by atoms with E-state index in [0.717, 1.165) is 10.0 Å². The van der Waals surface area contributed by atoms with Gasteiger partial charge in [-0.25, -0.2) is 13.1 Å². The number of nitrogens with one attached hydrogen (secondary N) is 1. The summed E-state index contributed by atoms with van der Waals surface area (Å²) in [7, 11) is -2.43. The molecule has 2 rings (SSSR count). The topological polar surface area (TPSA) is 72.5 Å². The van der Waals surface area contributed by atoms with Crippen LogP contribution >= 0.6 is 15.9 Å². The first-order valence-corrected chi connectivity index (χ1v) is 8.58. The molecular weight excluding hydrogens is 370 g/mol. The van der Waals surface area contributed by atoms with Gasteiger partial charge in [0.05, 0.1) is 12.0 Å². The number of sulfonamides is 1. The summed E-state index contributed by atoms with van der Waals surface area (Å²) < 4.78 is 32.3. The Labute approximate surface area is 137 Å². The average Bonchev–Trinajstić information content (AvgIpc) is 2.47. The Bertz CT molecular complexity index is 801. The molecule has 1 amide bonds. The van der Waals surface area contributed by atoms with Crippen LogP contribution in [0.15, 0.2) is 51.8 Å². The highest BCUT2D eigenvalue weighted by Gasteiger charge is 2.19. The number of aryl methyl sites for hydroxylation is 1. The molecule has 0 heterocycles. The van der Waals surface area contributed by atoms with E-state index < -0.39 is 15.9 Å². The number of hydrogen-bond acceptors (Lipinski definition) is 4. The lowest BCUT2D eigenvalue weighted by molar-refractivity contribution is 0.0981. The summed E-state index contributed by atoms with van der Waals surface area (Å²) in [5.74, 6) is -0.185. The van der Waals surface area contributed by atoms with Crippen LogP contribution in [0.4, 0.5) is 0 Å². The van der Waals surface area contributed by atoms with Gasteiger partial charge in [0.2, 0.25) is 0 Å². The molecule has 0 aliphatic carbocycles. The summed E-state index contributed by atoms with van der Waals surface area (Å²) in [4.78, 5) is 12.1. The predicted molar refractivity (Wildman–Crippen MR) is 86.5 cm³/mol. The first-order chi connectivity index (χ1) is 10.3. The van der Waals surface area contributed by atoms with Gasteiger partial charge in [-0.3, -0.25) is 4.79 Å². The Morgan fingerprint density at radius 2 is 1.77 bits per heavy atom. The minimum atomic E-state index is -3.92. The van der Waals surface area contributed by atoms with E-state index in [2.05, 4.69) is 15.9 Å². The maximum absolute atomic E-state index is 12.2. The van der Waals surface area contributed by atoms with Crippen LogP contribution in [-0.2, 0) is 10.0 Å². The smallest absolute Gasteiger partial charge is 0.265 e. The minimum Gasteiger partial charge on any atom is -0.496 e. The van der Waals surface area contributed by atoms with E-state index in [-0.39, 0.29) is 10.5 Å². The van der Waals surface area contributed by atoms with Crippen LogP contribution < -0.4 is 9.46 Å². The zero-order valence-electron chi connectivity index (χ0n) is 12.0. The molecule has 0 aliphatic heterocycles. The van der Waals surface area contributed by atoms with Crippen LogP contribution in [-0.4, -0.2) is 21.4 Å². The first kappa shape index (κ1) is 16.5. The van der Waals surface area contributed by atoms with E-state index in [1.807, 2.05) is 11.6 Å². The molecule has 0 saturated carbocycles. The van der Waals surface area contributed by atoms with E-state index in [1.54, 1.807) is 24.3 Å². The van der Waals surface area contributed by atoms with Gasteiger partial charge in [0.15, 0.2) is 0 Å². The van der Waals surface area contributed by atoms with Gasteiger partial charge in [-0.15, -0.1) is 0 Å². The number of rotatable bonds is 4. The van der Waals surface area contributed by atoms with Crippen molar-refractivity contribution in [2.24, 2.45) is 0 Å². The predicted octanol–water partition coefficient (Wildman–Crippen LogP) is 2.88. The summed E-state index contributed by atoms with van der Waals surface area (Å²) in [6.07, 6.45) is 0. The molecule has 0 spiro atoms. The van der Waals surface area contributed by atoms with Crippen molar-refractivity contribution in [3.63, 3.8) is 0 Å². The van der Waals surface area contributed by atoms with Crippen molar-refractivity contribution in [2.75, 3.05) is 7.11 Å². The van der Waals surface area contributed by atoms with E-state index in [9.17, 15) is 13.2 Å². The fourth-order valence-electron chi connectivity index (χ4n) is 1.81. The third-order valence-electron chi connectivity index (χ3n) is 3.02. The third-order valence-corrected chi connectivity index (χ3v) is 4.90. The summed E-state index contributed by atoms with van der Waals surface area (Å²) in [6, 6.07) is 10.7. The van der Waals surface area contributed by atoms with Crippen molar-refractivity contribution in [1.29, 1.82) is 0 Å². The lowest BCUT2D eigenvalue weighted by Crippen LogP contribution is -2.30. The number of benzene rings is 2. The highest BCUT2D eigenvalue weighted by atomic mass is 79.9. The number of halogens is 1. The molecule has 0 saturated heterocycles. The first-order valence-electron chi connectivity index (χ1n) is 6.31. The van der Waals surface area contributed by atoms with Crippen molar-refractivity contribution in [3.05, 3.63) is 58.1 Å². The number of hydrogen-bond donors (Lipinski definition) is 1. The van der Waals surface area contributed by atoms with Crippen LogP contribution in [0.25, 0.3) is 0 Å². The van der Waals surface area contributed by atoms with Gasteiger partial charge in [0.25, 0.3) is 15.9 Å². The second-order valence-electron chi connectivity index (χ2n) is 4.57. The molecule has 0 fully saturated rings. The zero-order chi connectivity index (χ0) is 16.3. The lowest BCUT2D eigenvalue weighted by atomic mass is 10.1. The quantitative estimate of drug-likeness (QED) is 0.880. The Morgan fingerprint density at radius 3 is 2.36 bits per heavy atom. The van der Waals surface area contributed by atoms with E-state index in [4.69, 9.17) is 4.74 Å². The zero-order valence-corrected chi connectivity index (χ0v) is 14.4. The fourth-order valence-corrected chi connectivity index (χ4v) is 3.05. The van der Waals surface area contributed by atoms with Gasteiger partial charge in [-0.2, -0.15) is 0 Å². The standard InChI is InChI=1S/C15H14BrNO4S/c1-10-3-4-11(9-14(10)21-2)15(18)17-22(19,20)13-7-5-12(16)6-8-13/h3-9H,1-2H3,(H,17,18). The Balaban J connectivity index is 2.26. The average molecular weight is 384 g/mol. The monoisotopic (exact) mass is 383 g/mol. The summed E-state index contributed by atoms with van der Waals surface area (Å²) in [6.45, 7) is 1.83. The molecule has 0 aromatic heterocycles. The number of ether oxygens (including phenoxy) is 1. The maximum atomic E-state index is 12.2. The van der Waals surface area contributed by atoms with Crippen LogP contribution in [0, 0.1) is 6.92 Å². The maximum Gasteiger partial charge on any atom is 0.265 e. The largest absolute Gasteiger partial charge is 0.496 e. The van der Waals surface area contributed by atoms with Gasteiger partial charge in [0.1, 0.15) is 5.75 Å². The van der Waals surface area contributed by atoms with Crippen LogP contribution in [0.3, 0.4) is 0 Å². The molecule has 22 heavy (non-hydrogen) atoms. The lowest BCUT2D eigenvalue weighted by Gasteiger charge is -2.09. The van der Waals surface area contributed by atoms with Crippen LogP contribution in [0.5, 0.6) is 5.75 Å². The van der Waals surface area contributed by atoms with Crippen molar-refractivity contribution >= 4 is 31.9 Å². The molecule has 0 unspecified atom stereocenters. The van der Waals surface area contributed by atoms with Gasteiger partial charge < -0.3 is 4.74 Å². The molecule has 2 aromatic carbocycles. The molecule has 0 radical (unpaired) electrons. The number of carbonyl (C=O) groups excluding carboxylic acids is 1. The van der Waals surface area contributed by atoms with Gasteiger partial charge in [-0.05, 0) is 48.9 Å². The molecule has 0 aliphatic rings.